The van der Waals surface area contributed by atoms with Crippen molar-refractivity contribution in [1.82, 2.24) is 4.90 Å². The van der Waals surface area contributed by atoms with Gasteiger partial charge in [0.05, 0.1) is 0 Å². The topological polar surface area (TPSA) is 32.5 Å². The highest BCUT2D eigenvalue weighted by molar-refractivity contribution is 5.56. The van der Waals surface area contributed by atoms with Gasteiger partial charge in [-0.2, -0.15) is 0 Å². The first-order chi connectivity index (χ1) is 10.1. The first-order valence-electron chi connectivity index (χ1n) is 8.38. The fourth-order valence-electron chi connectivity index (χ4n) is 3.51. The van der Waals surface area contributed by atoms with Gasteiger partial charge in [0.15, 0.2) is 0 Å². The number of hydrogen-bond donors (Lipinski definition) is 1. The third-order valence-corrected chi connectivity index (χ3v) is 4.61. The summed E-state index contributed by atoms with van der Waals surface area (Å²) in [5.41, 5.74) is 10.4. The Bertz CT molecular complexity index is 456. The summed E-state index contributed by atoms with van der Waals surface area (Å²) >= 11 is 0. The van der Waals surface area contributed by atoms with Gasteiger partial charge in [-0.3, -0.25) is 4.90 Å². The lowest BCUT2D eigenvalue weighted by Gasteiger charge is -2.35. The van der Waals surface area contributed by atoms with Gasteiger partial charge in [-0.1, -0.05) is 19.1 Å². The van der Waals surface area contributed by atoms with E-state index in [1.54, 1.807) is 0 Å². The second kappa shape index (κ2) is 7.28. The van der Waals surface area contributed by atoms with E-state index in [1.165, 1.54) is 42.6 Å². The molecule has 3 nitrogen and oxygen atoms in total. The van der Waals surface area contributed by atoms with E-state index in [2.05, 4.69) is 55.8 Å². The van der Waals surface area contributed by atoms with Crippen molar-refractivity contribution in [2.45, 2.75) is 52.1 Å². The number of rotatable bonds is 6. The summed E-state index contributed by atoms with van der Waals surface area (Å²) in [5.74, 6) is 0. The van der Waals surface area contributed by atoms with Gasteiger partial charge in [0.25, 0.3) is 0 Å². The van der Waals surface area contributed by atoms with E-state index in [4.69, 9.17) is 5.73 Å². The summed E-state index contributed by atoms with van der Waals surface area (Å²) in [7, 11) is 2.19. The Kier molecular flexibility index (Phi) is 5.65. The number of benzene rings is 1. The van der Waals surface area contributed by atoms with Crippen LogP contribution >= 0.6 is 0 Å². The van der Waals surface area contributed by atoms with Crippen LogP contribution in [0.4, 0.5) is 5.69 Å². The van der Waals surface area contributed by atoms with Gasteiger partial charge in [0.1, 0.15) is 0 Å². The van der Waals surface area contributed by atoms with Gasteiger partial charge in [0.2, 0.25) is 0 Å². The number of fused-ring (bicyclic) bond motifs is 1. The Hall–Kier alpha value is -1.06. The highest BCUT2D eigenvalue weighted by Gasteiger charge is 2.23. The maximum absolute atomic E-state index is 6.13. The smallest absolute Gasteiger partial charge is 0.0473 e. The number of nitrogens with two attached hydrogens (primary N) is 1. The summed E-state index contributed by atoms with van der Waals surface area (Å²) in [6.45, 7) is 9.74. The van der Waals surface area contributed by atoms with E-state index < -0.39 is 0 Å². The van der Waals surface area contributed by atoms with E-state index in [1.807, 2.05) is 0 Å². The fraction of sp³-hybridized carbons (Fsp3) is 0.667. The molecule has 0 aromatic heterocycles. The highest BCUT2D eigenvalue weighted by Crippen LogP contribution is 2.31. The Labute approximate surface area is 130 Å². The summed E-state index contributed by atoms with van der Waals surface area (Å²) in [5, 5.41) is 0. The predicted octanol–water partition coefficient (Wildman–Crippen LogP) is 3.19. The van der Waals surface area contributed by atoms with Gasteiger partial charge in [-0.05, 0) is 56.8 Å². The Morgan fingerprint density at radius 2 is 2.10 bits per heavy atom. The summed E-state index contributed by atoms with van der Waals surface area (Å²) < 4.78 is 0. The minimum atomic E-state index is 0.336. The molecule has 1 heterocycles. The zero-order chi connectivity index (χ0) is 15.4. The molecule has 118 valence electrons. The number of nitrogens with zero attached hydrogens (tertiary/aromatic N) is 2. The highest BCUT2D eigenvalue weighted by atomic mass is 15.2. The van der Waals surface area contributed by atoms with E-state index in [9.17, 15) is 0 Å². The first-order valence-corrected chi connectivity index (χ1v) is 8.38. The predicted molar refractivity (Wildman–Crippen MR) is 92.0 cm³/mol. The third kappa shape index (κ3) is 3.58. The lowest BCUT2D eigenvalue weighted by molar-refractivity contribution is 0.157. The molecule has 0 amide bonds. The maximum Gasteiger partial charge on any atom is 0.0473 e. The summed E-state index contributed by atoms with van der Waals surface area (Å²) in [6.07, 6.45) is 3.62. The Morgan fingerprint density at radius 3 is 2.71 bits per heavy atom. The Morgan fingerprint density at radius 1 is 1.33 bits per heavy atom. The molecule has 0 radical (unpaired) electrons. The van der Waals surface area contributed by atoms with Crippen LogP contribution in [-0.2, 0) is 6.42 Å². The second-order valence-electron chi connectivity index (χ2n) is 6.50. The van der Waals surface area contributed by atoms with Crippen LogP contribution in [0, 0.1) is 0 Å². The normalized spacial score (nSPS) is 16.4. The molecule has 0 saturated heterocycles. The largest absolute Gasteiger partial charge is 0.374 e. The van der Waals surface area contributed by atoms with Gasteiger partial charge >= 0.3 is 0 Å². The van der Waals surface area contributed by atoms with Gasteiger partial charge < -0.3 is 10.6 Å². The molecule has 0 bridgehead atoms. The molecule has 1 aromatic rings. The minimum absolute atomic E-state index is 0.336. The molecule has 2 N–H and O–H groups in total. The zero-order valence-corrected chi connectivity index (χ0v) is 14.1. The number of hydrogen-bond acceptors (Lipinski definition) is 3. The molecule has 2 rings (SSSR count). The lowest BCUT2D eigenvalue weighted by Crippen LogP contribution is -2.39. The zero-order valence-electron chi connectivity index (χ0n) is 14.1. The standard InChI is InChI=1S/C18H31N3/c1-5-10-21(14(2)3)18(13-19)16-8-9-17-15(12-16)7-6-11-20(17)4/h8-9,12,14,18H,5-7,10-11,13,19H2,1-4H3. The van der Waals surface area contributed by atoms with Crippen molar-refractivity contribution in [3.05, 3.63) is 29.3 Å². The molecule has 1 unspecified atom stereocenters. The van der Waals surface area contributed by atoms with Crippen LogP contribution < -0.4 is 10.6 Å². The van der Waals surface area contributed by atoms with Crippen LogP contribution in [0.15, 0.2) is 18.2 Å². The van der Waals surface area contributed by atoms with Crippen LogP contribution in [0.3, 0.4) is 0 Å². The average Bonchev–Trinajstić information content (AvgIpc) is 2.47. The molecule has 1 atom stereocenters. The van der Waals surface area contributed by atoms with E-state index >= 15 is 0 Å². The van der Waals surface area contributed by atoms with Crippen LogP contribution in [0.5, 0.6) is 0 Å². The molecular weight excluding hydrogens is 258 g/mol. The molecule has 21 heavy (non-hydrogen) atoms. The van der Waals surface area contributed by atoms with Crippen molar-refractivity contribution in [1.29, 1.82) is 0 Å². The summed E-state index contributed by atoms with van der Waals surface area (Å²) in [4.78, 5) is 4.90. The van der Waals surface area contributed by atoms with E-state index in [0.717, 1.165) is 6.54 Å². The quantitative estimate of drug-likeness (QED) is 0.873. The molecule has 3 heteroatoms. The van der Waals surface area contributed by atoms with Crippen LogP contribution in [-0.4, -0.2) is 37.6 Å². The third-order valence-electron chi connectivity index (χ3n) is 4.61. The molecule has 0 spiro atoms. The number of anilines is 1. The SMILES string of the molecule is CCCN(C(C)C)C(CN)c1ccc2c(c1)CCCN2C. The number of aryl methyl sites for hydroxylation is 1. The van der Waals surface area contributed by atoms with Crippen molar-refractivity contribution < 1.29 is 0 Å². The van der Waals surface area contributed by atoms with Crippen molar-refractivity contribution in [2.75, 3.05) is 31.6 Å². The van der Waals surface area contributed by atoms with E-state index in [0.29, 0.717) is 18.6 Å². The molecule has 1 aliphatic rings. The Balaban J connectivity index is 2.29. The van der Waals surface area contributed by atoms with Crippen molar-refractivity contribution in [3.8, 4) is 0 Å². The fourth-order valence-corrected chi connectivity index (χ4v) is 3.51. The molecule has 0 aliphatic carbocycles. The molecule has 1 aromatic carbocycles. The maximum atomic E-state index is 6.13. The molecule has 0 saturated carbocycles. The van der Waals surface area contributed by atoms with Crippen molar-refractivity contribution >= 4 is 5.69 Å². The minimum Gasteiger partial charge on any atom is -0.374 e. The van der Waals surface area contributed by atoms with E-state index in [-0.39, 0.29) is 0 Å². The average molecular weight is 289 g/mol. The van der Waals surface area contributed by atoms with Gasteiger partial charge in [0, 0.05) is 37.9 Å². The molecular formula is C18H31N3. The molecule has 1 aliphatic heterocycles. The first kappa shape index (κ1) is 16.3. The van der Waals surface area contributed by atoms with Gasteiger partial charge in [-0.25, -0.2) is 0 Å². The van der Waals surface area contributed by atoms with Gasteiger partial charge in [-0.15, -0.1) is 0 Å². The van der Waals surface area contributed by atoms with Crippen molar-refractivity contribution in [2.24, 2.45) is 5.73 Å². The van der Waals surface area contributed by atoms with Crippen LogP contribution in [0.2, 0.25) is 0 Å². The summed E-state index contributed by atoms with van der Waals surface area (Å²) in [6, 6.07) is 7.83. The van der Waals surface area contributed by atoms with Crippen LogP contribution in [0.1, 0.15) is 50.8 Å². The molecule has 0 fully saturated rings. The monoisotopic (exact) mass is 289 g/mol. The van der Waals surface area contributed by atoms with Crippen LogP contribution in [0.25, 0.3) is 0 Å². The van der Waals surface area contributed by atoms with Crippen molar-refractivity contribution in [3.63, 3.8) is 0 Å². The lowest BCUT2D eigenvalue weighted by atomic mass is 9.95. The second-order valence-corrected chi connectivity index (χ2v) is 6.50.